The molecular weight excluding hydrogens is 354 g/mol. The van der Waals surface area contributed by atoms with Crippen LogP contribution in [0.1, 0.15) is 56.2 Å². The standard InChI is InChI=1S/C16H27N.C10H10N2/c1-4-5-7-10-15(2)17(3)14-13-16-11-8-6-9-12-16;1-3-12-10-5-4-9(7-11)6-8(10)2/h6,8-9,11-12,15H,4-5,7,10,13-14H2,1-3H3;3-6,12H,1H2,2H3. The monoisotopic (exact) mass is 391 g/mol. The number of nitrogens with zero attached hydrogens (tertiary/aromatic N) is 2. The molecule has 0 spiro atoms. The molecule has 3 nitrogen and oxygen atoms in total. The molecule has 0 fully saturated rings. The van der Waals surface area contributed by atoms with Crippen LogP contribution in [-0.2, 0) is 6.42 Å². The largest absolute Gasteiger partial charge is 0.362 e. The van der Waals surface area contributed by atoms with Crippen LogP contribution in [0.2, 0.25) is 0 Å². The fraction of sp³-hybridized carbons (Fsp3) is 0.423. The van der Waals surface area contributed by atoms with Gasteiger partial charge in [-0.1, -0.05) is 63.1 Å². The van der Waals surface area contributed by atoms with Crippen LogP contribution in [0.5, 0.6) is 0 Å². The number of anilines is 1. The zero-order valence-electron chi connectivity index (χ0n) is 18.6. The van der Waals surface area contributed by atoms with Crippen molar-refractivity contribution < 1.29 is 0 Å². The zero-order valence-corrected chi connectivity index (χ0v) is 18.6. The molecule has 3 heteroatoms. The molecule has 0 saturated heterocycles. The third kappa shape index (κ3) is 9.96. The van der Waals surface area contributed by atoms with Crippen LogP contribution in [0.15, 0.2) is 61.3 Å². The van der Waals surface area contributed by atoms with Crippen molar-refractivity contribution in [3.05, 3.63) is 78.0 Å². The molecule has 0 saturated carbocycles. The molecular formula is C26H37N3. The molecule has 1 N–H and O–H groups in total. The Morgan fingerprint density at radius 1 is 1.17 bits per heavy atom. The number of likely N-dealkylation sites (N-methyl/N-ethyl adjacent to an activating group) is 1. The highest BCUT2D eigenvalue weighted by molar-refractivity contribution is 5.55. The summed E-state index contributed by atoms with van der Waals surface area (Å²) >= 11 is 0. The van der Waals surface area contributed by atoms with Crippen molar-refractivity contribution >= 4 is 5.69 Å². The van der Waals surface area contributed by atoms with Crippen LogP contribution in [0.4, 0.5) is 5.69 Å². The Morgan fingerprint density at radius 3 is 2.48 bits per heavy atom. The molecule has 156 valence electrons. The van der Waals surface area contributed by atoms with E-state index in [1.165, 1.54) is 31.2 Å². The van der Waals surface area contributed by atoms with Crippen molar-refractivity contribution in [2.24, 2.45) is 0 Å². The Bertz CT molecular complexity index is 746. The first-order valence-electron chi connectivity index (χ1n) is 10.6. The summed E-state index contributed by atoms with van der Waals surface area (Å²) in [5, 5.41) is 11.6. The third-order valence-electron chi connectivity index (χ3n) is 5.19. The van der Waals surface area contributed by atoms with E-state index in [0.29, 0.717) is 11.6 Å². The van der Waals surface area contributed by atoms with Crippen molar-refractivity contribution in [3.8, 4) is 6.07 Å². The minimum Gasteiger partial charge on any atom is -0.362 e. The summed E-state index contributed by atoms with van der Waals surface area (Å²) in [6.45, 7) is 11.3. The van der Waals surface area contributed by atoms with Gasteiger partial charge in [0.1, 0.15) is 0 Å². The smallest absolute Gasteiger partial charge is 0.0991 e. The van der Waals surface area contributed by atoms with Gasteiger partial charge in [-0.3, -0.25) is 0 Å². The first kappa shape index (κ1) is 24.5. The summed E-state index contributed by atoms with van der Waals surface area (Å²) < 4.78 is 0. The van der Waals surface area contributed by atoms with Gasteiger partial charge in [-0.2, -0.15) is 5.26 Å². The van der Waals surface area contributed by atoms with Crippen molar-refractivity contribution in [2.45, 2.75) is 58.9 Å². The predicted molar refractivity (Wildman–Crippen MR) is 126 cm³/mol. The molecule has 1 atom stereocenters. The van der Waals surface area contributed by atoms with Gasteiger partial charge in [-0.05, 0) is 69.3 Å². The highest BCUT2D eigenvalue weighted by Gasteiger charge is 2.08. The van der Waals surface area contributed by atoms with Crippen LogP contribution in [0, 0.1) is 18.3 Å². The minimum absolute atomic E-state index is 0.683. The van der Waals surface area contributed by atoms with Gasteiger partial charge in [0.2, 0.25) is 0 Å². The first-order chi connectivity index (χ1) is 14.0. The van der Waals surface area contributed by atoms with Crippen molar-refractivity contribution in [3.63, 3.8) is 0 Å². The van der Waals surface area contributed by atoms with E-state index in [4.69, 9.17) is 5.26 Å². The van der Waals surface area contributed by atoms with E-state index >= 15 is 0 Å². The summed E-state index contributed by atoms with van der Waals surface area (Å²) in [5.41, 5.74) is 4.17. The van der Waals surface area contributed by atoms with Gasteiger partial charge in [0.05, 0.1) is 11.6 Å². The van der Waals surface area contributed by atoms with Gasteiger partial charge < -0.3 is 10.2 Å². The lowest BCUT2D eigenvalue weighted by atomic mass is 10.1. The molecule has 0 aliphatic heterocycles. The topological polar surface area (TPSA) is 39.1 Å². The highest BCUT2D eigenvalue weighted by atomic mass is 15.1. The molecule has 2 aromatic carbocycles. The molecule has 0 bridgehead atoms. The van der Waals surface area contributed by atoms with Gasteiger partial charge in [0.25, 0.3) is 0 Å². The van der Waals surface area contributed by atoms with E-state index in [0.717, 1.165) is 24.2 Å². The Labute approximate surface area is 178 Å². The Kier molecular flexibility index (Phi) is 12.2. The SMILES string of the molecule is C=CNc1ccc(C#N)cc1C.CCCCCC(C)N(C)CCc1ccccc1. The van der Waals surface area contributed by atoms with E-state index in [1.807, 2.05) is 19.1 Å². The molecule has 0 heterocycles. The van der Waals surface area contributed by atoms with E-state index in [9.17, 15) is 0 Å². The number of benzene rings is 2. The second-order valence-corrected chi connectivity index (χ2v) is 7.55. The van der Waals surface area contributed by atoms with E-state index in [-0.39, 0.29) is 0 Å². The average Bonchev–Trinajstić information content (AvgIpc) is 2.75. The summed E-state index contributed by atoms with van der Waals surface area (Å²) in [5.74, 6) is 0. The lowest BCUT2D eigenvalue weighted by molar-refractivity contribution is 0.244. The van der Waals surface area contributed by atoms with Gasteiger partial charge in [-0.15, -0.1) is 0 Å². The number of rotatable bonds is 10. The number of nitriles is 1. The van der Waals surface area contributed by atoms with Crippen molar-refractivity contribution in [1.29, 1.82) is 5.26 Å². The quantitative estimate of drug-likeness (QED) is 0.467. The number of aryl methyl sites for hydroxylation is 1. The van der Waals surface area contributed by atoms with E-state index in [1.54, 1.807) is 12.3 Å². The normalized spacial score (nSPS) is 11.2. The maximum atomic E-state index is 8.59. The van der Waals surface area contributed by atoms with Gasteiger partial charge in [0, 0.05) is 18.3 Å². The second kappa shape index (κ2) is 14.4. The van der Waals surface area contributed by atoms with Gasteiger partial charge >= 0.3 is 0 Å². The summed E-state index contributed by atoms with van der Waals surface area (Å²) in [7, 11) is 2.25. The Balaban J connectivity index is 0.000000308. The number of hydrogen-bond donors (Lipinski definition) is 1. The minimum atomic E-state index is 0.683. The van der Waals surface area contributed by atoms with Crippen LogP contribution in [-0.4, -0.2) is 24.5 Å². The molecule has 0 aromatic heterocycles. The Hall–Kier alpha value is -2.57. The van der Waals surface area contributed by atoms with Crippen molar-refractivity contribution in [1.82, 2.24) is 4.90 Å². The predicted octanol–water partition coefficient (Wildman–Crippen LogP) is 6.55. The molecule has 0 aliphatic rings. The summed E-state index contributed by atoms with van der Waals surface area (Å²) in [6, 6.07) is 19.1. The van der Waals surface area contributed by atoms with Crippen LogP contribution in [0.25, 0.3) is 0 Å². The lowest BCUT2D eigenvalue weighted by Gasteiger charge is -2.24. The average molecular weight is 392 g/mol. The van der Waals surface area contributed by atoms with Gasteiger partial charge in [0.15, 0.2) is 0 Å². The summed E-state index contributed by atoms with van der Waals surface area (Å²) in [4.78, 5) is 2.49. The molecule has 0 amide bonds. The highest BCUT2D eigenvalue weighted by Crippen LogP contribution is 2.15. The molecule has 1 unspecified atom stereocenters. The van der Waals surface area contributed by atoms with Crippen LogP contribution >= 0.6 is 0 Å². The zero-order chi connectivity index (χ0) is 21.5. The van der Waals surface area contributed by atoms with Crippen molar-refractivity contribution in [2.75, 3.05) is 18.9 Å². The fourth-order valence-corrected chi connectivity index (χ4v) is 3.09. The number of nitrogens with one attached hydrogen (secondary N) is 1. The third-order valence-corrected chi connectivity index (χ3v) is 5.19. The summed E-state index contributed by atoms with van der Waals surface area (Å²) in [6.07, 6.45) is 8.17. The van der Waals surface area contributed by atoms with E-state index in [2.05, 4.69) is 74.1 Å². The van der Waals surface area contributed by atoms with E-state index < -0.39 is 0 Å². The maximum absolute atomic E-state index is 8.59. The number of unbranched alkanes of at least 4 members (excludes halogenated alkanes) is 2. The molecule has 0 aliphatic carbocycles. The molecule has 29 heavy (non-hydrogen) atoms. The lowest BCUT2D eigenvalue weighted by Crippen LogP contribution is -2.30. The first-order valence-corrected chi connectivity index (χ1v) is 10.6. The number of hydrogen-bond acceptors (Lipinski definition) is 3. The molecule has 2 rings (SSSR count). The molecule has 2 aromatic rings. The Morgan fingerprint density at radius 2 is 1.90 bits per heavy atom. The van der Waals surface area contributed by atoms with Crippen LogP contribution in [0.3, 0.4) is 0 Å². The maximum Gasteiger partial charge on any atom is 0.0991 e. The van der Waals surface area contributed by atoms with Crippen LogP contribution < -0.4 is 5.32 Å². The second-order valence-electron chi connectivity index (χ2n) is 7.55. The molecule has 0 radical (unpaired) electrons. The van der Waals surface area contributed by atoms with Gasteiger partial charge in [-0.25, -0.2) is 0 Å². The fourth-order valence-electron chi connectivity index (χ4n) is 3.09.